The van der Waals surface area contributed by atoms with Gasteiger partial charge in [-0.3, -0.25) is 4.79 Å². The number of halogens is 1. The second-order valence-corrected chi connectivity index (χ2v) is 8.30. The minimum atomic E-state index is -0.140. The second-order valence-electron chi connectivity index (χ2n) is 8.30. The minimum Gasteiger partial charge on any atom is -0.368 e. The summed E-state index contributed by atoms with van der Waals surface area (Å²) in [4.78, 5) is 13.5. The molecule has 1 aromatic carbocycles. The van der Waals surface area contributed by atoms with Gasteiger partial charge in [-0.25, -0.2) is 4.39 Å². The molecule has 0 spiro atoms. The first kappa shape index (κ1) is 16.8. The Kier molecular flexibility index (Phi) is 4.22. The number of benzene rings is 1. The molecule has 0 radical (unpaired) electrons. The van der Waals surface area contributed by atoms with Crippen molar-refractivity contribution in [1.82, 2.24) is 10.6 Å². The van der Waals surface area contributed by atoms with Crippen molar-refractivity contribution in [2.75, 3.05) is 24.5 Å². The molecule has 2 N–H and O–H groups in total. The highest BCUT2D eigenvalue weighted by atomic mass is 19.1. The van der Waals surface area contributed by atoms with Crippen molar-refractivity contribution in [2.24, 2.45) is 0 Å². The van der Waals surface area contributed by atoms with E-state index in [0.717, 1.165) is 24.3 Å². The van der Waals surface area contributed by atoms with Gasteiger partial charge in [-0.2, -0.15) is 0 Å². The summed E-state index contributed by atoms with van der Waals surface area (Å²) >= 11 is 0. The van der Waals surface area contributed by atoms with Gasteiger partial charge in [0, 0.05) is 44.3 Å². The number of carbonyl (C=O) groups is 1. The number of piperazine rings is 1. The number of anilines is 1. The Hall–Kier alpha value is -1.62. The molecular formula is C20H28FN3O. The molecule has 136 valence electrons. The quantitative estimate of drug-likeness (QED) is 0.862. The van der Waals surface area contributed by atoms with Crippen LogP contribution in [0.3, 0.4) is 0 Å². The molecule has 4 nitrogen and oxygen atoms in total. The Bertz CT molecular complexity index is 674. The first-order valence-electron chi connectivity index (χ1n) is 9.53. The zero-order valence-corrected chi connectivity index (χ0v) is 15.2. The average molecular weight is 345 g/mol. The summed E-state index contributed by atoms with van der Waals surface area (Å²) in [6.45, 7) is 6.22. The van der Waals surface area contributed by atoms with Crippen molar-refractivity contribution < 1.29 is 9.18 Å². The maximum Gasteiger partial charge on any atom is 0.216 e. The van der Waals surface area contributed by atoms with E-state index in [2.05, 4.69) is 28.5 Å². The molecule has 2 aliphatic heterocycles. The van der Waals surface area contributed by atoms with Gasteiger partial charge in [0.25, 0.3) is 0 Å². The third-order valence-corrected chi connectivity index (χ3v) is 6.14. The summed E-state index contributed by atoms with van der Waals surface area (Å²) in [5, 5.41) is 6.42. The maximum atomic E-state index is 14.8. The molecule has 5 heteroatoms. The third kappa shape index (κ3) is 3.39. The minimum absolute atomic E-state index is 0.0669. The van der Waals surface area contributed by atoms with Crippen LogP contribution >= 0.6 is 0 Å². The van der Waals surface area contributed by atoms with Gasteiger partial charge in [-0.05, 0) is 54.7 Å². The van der Waals surface area contributed by atoms with Gasteiger partial charge >= 0.3 is 0 Å². The van der Waals surface area contributed by atoms with E-state index >= 15 is 0 Å². The zero-order chi connectivity index (χ0) is 17.6. The Balaban J connectivity index is 1.62. The molecule has 1 aliphatic carbocycles. The van der Waals surface area contributed by atoms with Crippen molar-refractivity contribution in [3.63, 3.8) is 0 Å². The number of amides is 1. The van der Waals surface area contributed by atoms with E-state index in [0.29, 0.717) is 25.0 Å². The molecule has 2 bridgehead atoms. The fourth-order valence-electron chi connectivity index (χ4n) is 4.37. The number of rotatable bonds is 5. The van der Waals surface area contributed by atoms with Crippen LogP contribution in [0.15, 0.2) is 12.1 Å². The summed E-state index contributed by atoms with van der Waals surface area (Å²) in [6, 6.07) is 4.91. The van der Waals surface area contributed by atoms with Crippen LogP contribution in [0.2, 0.25) is 0 Å². The highest BCUT2D eigenvalue weighted by Gasteiger charge is 2.43. The van der Waals surface area contributed by atoms with E-state index in [-0.39, 0.29) is 17.1 Å². The summed E-state index contributed by atoms with van der Waals surface area (Å²) in [6.07, 6.45) is 5.35. The molecule has 2 saturated heterocycles. The van der Waals surface area contributed by atoms with Crippen molar-refractivity contribution in [3.05, 3.63) is 29.1 Å². The van der Waals surface area contributed by atoms with Crippen LogP contribution in [0, 0.1) is 5.82 Å². The lowest BCUT2D eigenvalue weighted by Gasteiger charge is -2.37. The first-order chi connectivity index (χ1) is 11.9. The summed E-state index contributed by atoms with van der Waals surface area (Å²) < 4.78 is 14.8. The molecule has 0 aromatic heterocycles. The Labute approximate surface area is 149 Å². The number of nitrogens with one attached hydrogen (secondary N) is 2. The van der Waals surface area contributed by atoms with Crippen LogP contribution in [0.5, 0.6) is 0 Å². The summed E-state index contributed by atoms with van der Waals surface area (Å²) in [5.41, 5.74) is 3.31. The molecule has 4 rings (SSSR count). The molecule has 25 heavy (non-hydrogen) atoms. The van der Waals surface area contributed by atoms with Crippen LogP contribution in [-0.2, 0) is 16.6 Å². The largest absolute Gasteiger partial charge is 0.368 e. The van der Waals surface area contributed by atoms with Crippen molar-refractivity contribution in [1.29, 1.82) is 0 Å². The van der Waals surface area contributed by atoms with Gasteiger partial charge in [-0.15, -0.1) is 0 Å². The van der Waals surface area contributed by atoms with E-state index in [4.69, 9.17) is 0 Å². The highest BCUT2D eigenvalue weighted by molar-refractivity contribution is 5.72. The lowest BCUT2D eigenvalue weighted by molar-refractivity contribution is -0.118. The van der Waals surface area contributed by atoms with Crippen molar-refractivity contribution in [3.8, 4) is 0 Å². The van der Waals surface area contributed by atoms with E-state index in [1.807, 2.05) is 0 Å². The fraction of sp³-hybridized carbons (Fsp3) is 0.650. The van der Waals surface area contributed by atoms with E-state index in [1.54, 1.807) is 6.07 Å². The van der Waals surface area contributed by atoms with Gasteiger partial charge in [0.05, 0.1) is 0 Å². The molecule has 2 atom stereocenters. The van der Waals surface area contributed by atoms with E-state index < -0.39 is 0 Å². The molecule has 1 amide bonds. The van der Waals surface area contributed by atoms with Crippen LogP contribution in [-0.4, -0.2) is 37.6 Å². The predicted molar refractivity (Wildman–Crippen MR) is 97.5 cm³/mol. The SMILES string of the molecule is CC(=O)NCCc1cc(C2(C)CC2)c(N2CC3CCC(C2)N3)cc1F. The number of hydrogen-bond donors (Lipinski definition) is 2. The normalized spacial score (nSPS) is 26.6. The van der Waals surface area contributed by atoms with Crippen LogP contribution < -0.4 is 15.5 Å². The smallest absolute Gasteiger partial charge is 0.216 e. The van der Waals surface area contributed by atoms with Crippen LogP contribution in [0.25, 0.3) is 0 Å². The van der Waals surface area contributed by atoms with E-state index in [9.17, 15) is 9.18 Å². The molecule has 1 aromatic rings. The molecule has 2 unspecified atom stereocenters. The number of hydrogen-bond acceptors (Lipinski definition) is 3. The van der Waals surface area contributed by atoms with Gasteiger partial charge in [0.15, 0.2) is 0 Å². The number of fused-ring (bicyclic) bond motifs is 2. The Morgan fingerprint density at radius 1 is 1.32 bits per heavy atom. The number of nitrogens with zero attached hydrogens (tertiary/aromatic N) is 1. The van der Waals surface area contributed by atoms with Crippen molar-refractivity contribution >= 4 is 11.6 Å². The topological polar surface area (TPSA) is 44.4 Å². The van der Waals surface area contributed by atoms with Crippen LogP contribution in [0.4, 0.5) is 10.1 Å². The summed E-state index contributed by atoms with van der Waals surface area (Å²) in [5.74, 6) is -0.207. The monoisotopic (exact) mass is 345 g/mol. The standard InChI is InChI=1S/C20H28FN3O/c1-13(25)22-8-5-14-9-17(20(2)6-7-20)19(10-18(14)21)24-11-15-3-4-16(12-24)23-15/h9-10,15-16,23H,3-8,11-12H2,1-2H3,(H,22,25). The summed E-state index contributed by atoms with van der Waals surface area (Å²) in [7, 11) is 0. The van der Waals surface area contributed by atoms with Gasteiger partial charge < -0.3 is 15.5 Å². The molecule has 3 aliphatic rings. The lowest BCUT2D eigenvalue weighted by atomic mass is 9.92. The highest BCUT2D eigenvalue weighted by Crippen LogP contribution is 2.51. The van der Waals surface area contributed by atoms with Gasteiger partial charge in [0.1, 0.15) is 5.82 Å². The Morgan fingerprint density at radius 3 is 2.60 bits per heavy atom. The molecular weight excluding hydrogens is 317 g/mol. The molecule has 1 saturated carbocycles. The maximum absolute atomic E-state index is 14.8. The lowest BCUT2D eigenvalue weighted by Crippen LogP contribution is -2.51. The van der Waals surface area contributed by atoms with Gasteiger partial charge in [-0.1, -0.05) is 13.0 Å². The van der Waals surface area contributed by atoms with Gasteiger partial charge in [0.2, 0.25) is 5.91 Å². The Morgan fingerprint density at radius 2 is 2.00 bits per heavy atom. The van der Waals surface area contributed by atoms with Crippen molar-refractivity contribution in [2.45, 2.75) is 63.5 Å². The number of carbonyl (C=O) groups excluding carboxylic acids is 1. The first-order valence-corrected chi connectivity index (χ1v) is 9.53. The third-order valence-electron chi connectivity index (χ3n) is 6.14. The van der Waals surface area contributed by atoms with E-state index in [1.165, 1.54) is 38.2 Å². The second kappa shape index (κ2) is 6.27. The van der Waals surface area contributed by atoms with Crippen LogP contribution in [0.1, 0.15) is 50.7 Å². The molecule has 2 heterocycles. The average Bonchev–Trinajstić information content (AvgIpc) is 3.23. The predicted octanol–water partition coefficient (Wildman–Crippen LogP) is 2.50. The molecule has 3 fully saturated rings. The zero-order valence-electron chi connectivity index (χ0n) is 15.2. The fourth-order valence-corrected chi connectivity index (χ4v) is 4.37.